The average molecular weight is 394 g/mol. The third kappa shape index (κ3) is 3.58. The Labute approximate surface area is 165 Å². The first-order chi connectivity index (χ1) is 13.6. The first kappa shape index (κ1) is 18.8. The van der Waals surface area contributed by atoms with Crippen molar-refractivity contribution in [1.82, 2.24) is 0 Å². The Kier molecular flexibility index (Phi) is 5.25. The SMILES string of the molecule is CCc1ccccc1OCC(O)CP1(=O)Oc2ccccc2-c2ccccc21. The van der Waals surface area contributed by atoms with E-state index in [-0.39, 0.29) is 12.8 Å². The second-order valence-electron chi connectivity index (χ2n) is 6.89. The number of ether oxygens (including phenoxy) is 1. The molecule has 5 heteroatoms. The highest BCUT2D eigenvalue weighted by Gasteiger charge is 2.37. The highest BCUT2D eigenvalue weighted by atomic mass is 31.2. The molecule has 0 radical (unpaired) electrons. The number of fused-ring (bicyclic) bond motifs is 3. The number of aliphatic hydroxyl groups excluding tert-OH is 1. The van der Waals surface area contributed by atoms with E-state index in [1.165, 1.54) is 0 Å². The second-order valence-corrected chi connectivity index (χ2v) is 9.26. The molecule has 2 unspecified atom stereocenters. The Hall–Kier alpha value is -2.55. The van der Waals surface area contributed by atoms with E-state index in [0.717, 1.165) is 28.9 Å². The fraction of sp³-hybridized carbons (Fsp3) is 0.217. The zero-order chi connectivity index (χ0) is 19.6. The molecular formula is C23H23O4P. The maximum Gasteiger partial charge on any atom is 0.280 e. The highest BCUT2D eigenvalue weighted by molar-refractivity contribution is 7.67. The summed E-state index contributed by atoms with van der Waals surface area (Å²) >= 11 is 0. The van der Waals surface area contributed by atoms with Gasteiger partial charge in [0.2, 0.25) is 0 Å². The van der Waals surface area contributed by atoms with Gasteiger partial charge in [-0.05, 0) is 35.7 Å². The van der Waals surface area contributed by atoms with Gasteiger partial charge < -0.3 is 14.4 Å². The molecule has 0 aromatic heterocycles. The number of rotatable bonds is 6. The molecule has 0 saturated heterocycles. The summed E-state index contributed by atoms with van der Waals surface area (Å²) in [7, 11) is -3.26. The first-order valence-corrected chi connectivity index (χ1v) is 11.3. The minimum Gasteiger partial charge on any atom is -0.491 e. The fourth-order valence-corrected chi connectivity index (χ4v) is 5.95. The number of hydrogen-bond acceptors (Lipinski definition) is 4. The molecule has 0 amide bonds. The normalized spacial score (nSPS) is 18.5. The zero-order valence-corrected chi connectivity index (χ0v) is 16.6. The summed E-state index contributed by atoms with van der Waals surface area (Å²) in [6.45, 7) is 2.12. The molecule has 4 rings (SSSR count). The van der Waals surface area contributed by atoms with Gasteiger partial charge in [0.25, 0.3) is 7.37 Å². The van der Waals surface area contributed by atoms with Crippen LogP contribution in [0, 0.1) is 0 Å². The van der Waals surface area contributed by atoms with Crippen molar-refractivity contribution >= 4 is 12.7 Å². The lowest BCUT2D eigenvalue weighted by Crippen LogP contribution is -2.28. The van der Waals surface area contributed by atoms with E-state index in [4.69, 9.17) is 9.26 Å². The van der Waals surface area contributed by atoms with Crippen LogP contribution in [0.1, 0.15) is 12.5 Å². The van der Waals surface area contributed by atoms with Crippen molar-refractivity contribution in [1.29, 1.82) is 0 Å². The van der Waals surface area contributed by atoms with E-state index in [1.807, 2.05) is 72.8 Å². The van der Waals surface area contributed by atoms with Gasteiger partial charge in [0.15, 0.2) is 0 Å². The number of aryl methyl sites for hydroxylation is 1. The Morgan fingerprint density at radius 1 is 0.964 bits per heavy atom. The van der Waals surface area contributed by atoms with Crippen LogP contribution in [0.15, 0.2) is 72.8 Å². The van der Waals surface area contributed by atoms with Gasteiger partial charge in [-0.25, -0.2) is 0 Å². The third-order valence-electron chi connectivity index (χ3n) is 4.93. The summed E-state index contributed by atoms with van der Waals surface area (Å²) < 4.78 is 25.5. The van der Waals surface area contributed by atoms with Crippen LogP contribution in [0.25, 0.3) is 11.1 Å². The lowest BCUT2D eigenvalue weighted by molar-refractivity contribution is 0.123. The third-order valence-corrected chi connectivity index (χ3v) is 7.45. The molecule has 1 aliphatic rings. The highest BCUT2D eigenvalue weighted by Crippen LogP contribution is 2.54. The average Bonchev–Trinajstić information content (AvgIpc) is 2.72. The summed E-state index contributed by atoms with van der Waals surface area (Å²) in [4.78, 5) is 0. The Balaban J connectivity index is 1.55. The molecule has 3 aromatic rings. The largest absolute Gasteiger partial charge is 0.491 e. The van der Waals surface area contributed by atoms with Gasteiger partial charge in [-0.3, -0.25) is 4.57 Å². The minimum atomic E-state index is -3.26. The summed E-state index contributed by atoms with van der Waals surface area (Å²) in [5, 5.41) is 11.2. The minimum absolute atomic E-state index is 0.00659. The molecule has 1 aliphatic heterocycles. The molecule has 0 spiro atoms. The molecule has 3 aromatic carbocycles. The van der Waals surface area contributed by atoms with Crippen molar-refractivity contribution < 1.29 is 18.9 Å². The van der Waals surface area contributed by atoms with Gasteiger partial charge in [-0.15, -0.1) is 0 Å². The van der Waals surface area contributed by atoms with Gasteiger partial charge in [0, 0.05) is 5.56 Å². The van der Waals surface area contributed by atoms with Crippen molar-refractivity contribution in [2.75, 3.05) is 12.8 Å². The van der Waals surface area contributed by atoms with Crippen LogP contribution < -0.4 is 14.6 Å². The first-order valence-electron chi connectivity index (χ1n) is 9.47. The zero-order valence-electron chi connectivity index (χ0n) is 15.7. The molecule has 4 nitrogen and oxygen atoms in total. The van der Waals surface area contributed by atoms with E-state index in [2.05, 4.69) is 6.92 Å². The summed E-state index contributed by atoms with van der Waals surface area (Å²) in [5.74, 6) is 1.34. The van der Waals surface area contributed by atoms with Gasteiger partial charge in [-0.2, -0.15) is 0 Å². The maximum atomic E-state index is 13.7. The van der Waals surface area contributed by atoms with E-state index in [9.17, 15) is 9.67 Å². The van der Waals surface area contributed by atoms with Crippen LogP contribution in [-0.2, 0) is 11.0 Å². The van der Waals surface area contributed by atoms with Gasteiger partial charge in [-0.1, -0.05) is 61.5 Å². The molecular weight excluding hydrogens is 371 g/mol. The van der Waals surface area contributed by atoms with Gasteiger partial charge >= 0.3 is 0 Å². The summed E-state index contributed by atoms with van der Waals surface area (Å²) in [5.41, 5.74) is 2.90. The van der Waals surface area contributed by atoms with Crippen LogP contribution in [0.2, 0.25) is 0 Å². The van der Waals surface area contributed by atoms with Crippen molar-refractivity contribution in [2.24, 2.45) is 0 Å². The maximum absolute atomic E-state index is 13.7. The van der Waals surface area contributed by atoms with E-state index in [1.54, 1.807) is 0 Å². The number of aliphatic hydroxyl groups is 1. The van der Waals surface area contributed by atoms with Crippen LogP contribution in [0.3, 0.4) is 0 Å². The van der Waals surface area contributed by atoms with E-state index >= 15 is 0 Å². The van der Waals surface area contributed by atoms with Crippen molar-refractivity contribution in [3.05, 3.63) is 78.4 Å². The number of para-hydroxylation sites is 2. The molecule has 0 fully saturated rings. The van der Waals surface area contributed by atoms with Crippen molar-refractivity contribution in [3.8, 4) is 22.6 Å². The van der Waals surface area contributed by atoms with Crippen LogP contribution in [0.4, 0.5) is 0 Å². The Morgan fingerprint density at radius 3 is 2.46 bits per heavy atom. The summed E-state index contributed by atoms with van der Waals surface area (Å²) in [6, 6.07) is 22.9. The number of benzene rings is 3. The molecule has 1 N–H and O–H groups in total. The van der Waals surface area contributed by atoms with Crippen molar-refractivity contribution in [2.45, 2.75) is 19.4 Å². The van der Waals surface area contributed by atoms with Gasteiger partial charge in [0.05, 0.1) is 17.6 Å². The summed E-state index contributed by atoms with van der Waals surface area (Å²) in [6.07, 6.45) is -0.0564. The standard InChI is InChI=1S/C23H23O4P/c1-2-17-9-3-6-12-21(17)26-15-18(24)16-28(25)23-14-8-5-11-20(23)19-10-4-7-13-22(19)27-28/h3-14,18,24H,2,15-16H2,1H3. The molecule has 144 valence electrons. The molecule has 28 heavy (non-hydrogen) atoms. The van der Waals surface area contributed by atoms with Crippen molar-refractivity contribution in [3.63, 3.8) is 0 Å². The van der Waals surface area contributed by atoms with E-state index < -0.39 is 13.5 Å². The lowest BCUT2D eigenvalue weighted by Gasteiger charge is -2.30. The Morgan fingerprint density at radius 2 is 1.64 bits per heavy atom. The number of hydrogen-bond donors (Lipinski definition) is 1. The Bertz CT molecular complexity index is 1030. The fourth-order valence-electron chi connectivity index (χ4n) is 3.56. The molecule has 1 heterocycles. The molecule has 0 saturated carbocycles. The van der Waals surface area contributed by atoms with Crippen LogP contribution in [0.5, 0.6) is 11.5 Å². The lowest BCUT2D eigenvalue weighted by atomic mass is 10.0. The monoisotopic (exact) mass is 394 g/mol. The molecule has 0 aliphatic carbocycles. The van der Waals surface area contributed by atoms with E-state index in [0.29, 0.717) is 11.1 Å². The molecule has 0 bridgehead atoms. The predicted molar refractivity (Wildman–Crippen MR) is 112 cm³/mol. The van der Waals surface area contributed by atoms with Crippen LogP contribution >= 0.6 is 7.37 Å². The molecule has 2 atom stereocenters. The predicted octanol–water partition coefficient (Wildman–Crippen LogP) is 4.65. The topological polar surface area (TPSA) is 55.8 Å². The second kappa shape index (κ2) is 7.83. The van der Waals surface area contributed by atoms with Crippen LogP contribution in [-0.4, -0.2) is 24.0 Å². The smallest absolute Gasteiger partial charge is 0.280 e. The van der Waals surface area contributed by atoms with Gasteiger partial charge in [0.1, 0.15) is 18.1 Å². The quantitative estimate of drug-likeness (QED) is 0.619.